The van der Waals surface area contributed by atoms with E-state index in [0.29, 0.717) is 12.1 Å². The second-order valence-electron chi connectivity index (χ2n) is 7.32. The standard InChI is InChI=1S/C18H26N4O2/c1-12(2)22-16-15(10-19-22)14(9-13(3)20-16)17(23)21(4)11-18(24)7-5-6-8-18/h9-10,12,24H,5-8,11H2,1-4H3. The zero-order valence-electron chi connectivity index (χ0n) is 14.9. The van der Waals surface area contributed by atoms with Gasteiger partial charge in [0.2, 0.25) is 0 Å². The summed E-state index contributed by atoms with van der Waals surface area (Å²) >= 11 is 0. The highest BCUT2D eigenvalue weighted by molar-refractivity contribution is 6.05. The summed E-state index contributed by atoms with van der Waals surface area (Å²) in [6.45, 7) is 6.34. The summed E-state index contributed by atoms with van der Waals surface area (Å²) in [6.07, 6.45) is 5.30. The van der Waals surface area contributed by atoms with Crippen LogP contribution < -0.4 is 0 Å². The van der Waals surface area contributed by atoms with Gasteiger partial charge < -0.3 is 10.0 Å². The number of carbonyl (C=O) groups is 1. The minimum absolute atomic E-state index is 0.0888. The zero-order chi connectivity index (χ0) is 17.5. The van der Waals surface area contributed by atoms with Crippen LogP contribution in [-0.4, -0.2) is 49.9 Å². The van der Waals surface area contributed by atoms with Gasteiger partial charge in [0.25, 0.3) is 5.91 Å². The van der Waals surface area contributed by atoms with Crippen LogP contribution in [0.5, 0.6) is 0 Å². The van der Waals surface area contributed by atoms with Gasteiger partial charge in [0.05, 0.1) is 22.7 Å². The number of carbonyl (C=O) groups excluding carboxylic acids is 1. The van der Waals surface area contributed by atoms with E-state index in [-0.39, 0.29) is 11.9 Å². The fourth-order valence-electron chi connectivity index (χ4n) is 3.61. The molecule has 1 aliphatic rings. The van der Waals surface area contributed by atoms with E-state index in [1.54, 1.807) is 18.1 Å². The number of aromatic nitrogens is 3. The second-order valence-corrected chi connectivity index (χ2v) is 7.32. The summed E-state index contributed by atoms with van der Waals surface area (Å²) in [5, 5.41) is 15.7. The van der Waals surface area contributed by atoms with Crippen molar-refractivity contribution in [3.8, 4) is 0 Å². The van der Waals surface area contributed by atoms with Crippen molar-refractivity contribution >= 4 is 16.9 Å². The number of pyridine rings is 1. The van der Waals surface area contributed by atoms with Gasteiger partial charge >= 0.3 is 0 Å². The lowest BCUT2D eigenvalue weighted by atomic mass is 10.0. The number of hydrogen-bond donors (Lipinski definition) is 1. The normalized spacial score (nSPS) is 16.9. The summed E-state index contributed by atoms with van der Waals surface area (Å²) in [5.41, 5.74) is 1.39. The maximum absolute atomic E-state index is 13.0. The number of rotatable bonds is 4. The zero-order valence-corrected chi connectivity index (χ0v) is 14.9. The molecule has 130 valence electrons. The Balaban J connectivity index is 1.94. The lowest BCUT2D eigenvalue weighted by Gasteiger charge is -2.28. The fourth-order valence-corrected chi connectivity index (χ4v) is 3.61. The van der Waals surface area contributed by atoms with Gasteiger partial charge in [-0.05, 0) is 39.7 Å². The van der Waals surface area contributed by atoms with E-state index in [4.69, 9.17) is 0 Å². The van der Waals surface area contributed by atoms with Crippen molar-refractivity contribution in [3.05, 3.63) is 23.5 Å². The lowest BCUT2D eigenvalue weighted by Crippen LogP contribution is -2.42. The van der Waals surface area contributed by atoms with Gasteiger partial charge in [0, 0.05) is 25.3 Å². The number of aryl methyl sites for hydroxylation is 1. The van der Waals surface area contributed by atoms with Crippen LogP contribution in [0.25, 0.3) is 11.0 Å². The third kappa shape index (κ3) is 3.02. The molecule has 0 aromatic carbocycles. The Kier molecular flexibility index (Phi) is 4.34. The highest BCUT2D eigenvalue weighted by atomic mass is 16.3. The van der Waals surface area contributed by atoms with Crippen LogP contribution in [0.4, 0.5) is 0 Å². The molecule has 0 unspecified atom stereocenters. The Labute approximate surface area is 142 Å². The van der Waals surface area contributed by atoms with E-state index in [1.807, 2.05) is 31.5 Å². The molecule has 1 amide bonds. The molecule has 6 nitrogen and oxygen atoms in total. The monoisotopic (exact) mass is 330 g/mol. The van der Waals surface area contributed by atoms with Crippen LogP contribution in [0.2, 0.25) is 0 Å². The number of amides is 1. The molecule has 2 aromatic rings. The van der Waals surface area contributed by atoms with E-state index in [1.165, 1.54) is 0 Å². The lowest BCUT2D eigenvalue weighted by molar-refractivity contribution is 0.0157. The molecular weight excluding hydrogens is 304 g/mol. The highest BCUT2D eigenvalue weighted by Crippen LogP contribution is 2.30. The molecule has 1 N–H and O–H groups in total. The predicted octanol–water partition coefficient (Wildman–Crippen LogP) is 2.70. The molecule has 3 rings (SSSR count). The molecule has 6 heteroatoms. The van der Waals surface area contributed by atoms with Crippen molar-refractivity contribution in [2.45, 2.75) is 58.1 Å². The second kappa shape index (κ2) is 6.16. The van der Waals surface area contributed by atoms with Crippen molar-refractivity contribution in [3.63, 3.8) is 0 Å². The van der Waals surface area contributed by atoms with Crippen LogP contribution in [0, 0.1) is 6.92 Å². The third-order valence-corrected chi connectivity index (χ3v) is 4.83. The molecule has 1 fully saturated rings. The largest absolute Gasteiger partial charge is 0.388 e. The van der Waals surface area contributed by atoms with E-state index < -0.39 is 5.60 Å². The van der Waals surface area contributed by atoms with Gasteiger partial charge in [0.15, 0.2) is 5.65 Å². The smallest absolute Gasteiger partial charge is 0.254 e. The first kappa shape index (κ1) is 16.9. The molecule has 1 aliphatic carbocycles. The van der Waals surface area contributed by atoms with Gasteiger partial charge in [-0.3, -0.25) is 4.79 Å². The molecule has 1 saturated carbocycles. The molecule has 2 heterocycles. The molecule has 0 spiro atoms. The Morgan fingerprint density at radius 2 is 2.08 bits per heavy atom. The maximum atomic E-state index is 13.0. The number of nitrogens with zero attached hydrogens (tertiary/aromatic N) is 4. The Morgan fingerprint density at radius 3 is 2.71 bits per heavy atom. The van der Waals surface area contributed by atoms with E-state index in [2.05, 4.69) is 10.1 Å². The topological polar surface area (TPSA) is 71.2 Å². The summed E-state index contributed by atoms with van der Waals surface area (Å²) < 4.78 is 1.84. The molecule has 2 aromatic heterocycles. The first-order chi connectivity index (χ1) is 11.3. The molecule has 0 saturated heterocycles. The van der Waals surface area contributed by atoms with Crippen LogP contribution in [0.1, 0.15) is 61.6 Å². The maximum Gasteiger partial charge on any atom is 0.254 e. The van der Waals surface area contributed by atoms with E-state index in [0.717, 1.165) is 42.4 Å². The minimum atomic E-state index is -0.742. The number of fused-ring (bicyclic) bond motifs is 1. The fraction of sp³-hybridized carbons (Fsp3) is 0.611. The highest BCUT2D eigenvalue weighted by Gasteiger charge is 2.34. The molecular formula is C18H26N4O2. The summed E-state index contributed by atoms with van der Waals surface area (Å²) in [6, 6.07) is 1.99. The average Bonchev–Trinajstić information content (AvgIpc) is 3.11. The summed E-state index contributed by atoms with van der Waals surface area (Å²) in [5.74, 6) is -0.0888. The summed E-state index contributed by atoms with van der Waals surface area (Å²) in [4.78, 5) is 19.2. The van der Waals surface area contributed by atoms with Crippen molar-refractivity contribution < 1.29 is 9.90 Å². The van der Waals surface area contributed by atoms with E-state index in [9.17, 15) is 9.90 Å². The van der Waals surface area contributed by atoms with Crippen molar-refractivity contribution in [1.29, 1.82) is 0 Å². The average molecular weight is 330 g/mol. The molecule has 0 bridgehead atoms. The van der Waals surface area contributed by atoms with Gasteiger partial charge in [-0.1, -0.05) is 12.8 Å². The first-order valence-electron chi connectivity index (χ1n) is 8.63. The van der Waals surface area contributed by atoms with Crippen LogP contribution in [0.15, 0.2) is 12.3 Å². The minimum Gasteiger partial charge on any atom is -0.388 e. The first-order valence-corrected chi connectivity index (χ1v) is 8.63. The number of hydrogen-bond acceptors (Lipinski definition) is 4. The summed E-state index contributed by atoms with van der Waals surface area (Å²) in [7, 11) is 1.76. The van der Waals surface area contributed by atoms with Gasteiger partial charge in [-0.25, -0.2) is 9.67 Å². The van der Waals surface area contributed by atoms with Gasteiger partial charge in [0.1, 0.15) is 0 Å². The number of likely N-dealkylation sites (N-methyl/N-ethyl adjacent to an activating group) is 1. The molecule has 0 aliphatic heterocycles. The Morgan fingerprint density at radius 1 is 1.42 bits per heavy atom. The quantitative estimate of drug-likeness (QED) is 0.935. The van der Waals surface area contributed by atoms with Crippen molar-refractivity contribution in [2.75, 3.05) is 13.6 Å². The van der Waals surface area contributed by atoms with Gasteiger partial charge in [-0.15, -0.1) is 0 Å². The van der Waals surface area contributed by atoms with Crippen molar-refractivity contribution in [2.24, 2.45) is 0 Å². The SMILES string of the molecule is Cc1cc(C(=O)N(C)CC2(O)CCCC2)c2cnn(C(C)C)c2n1. The third-order valence-electron chi connectivity index (χ3n) is 4.83. The van der Waals surface area contributed by atoms with E-state index >= 15 is 0 Å². The molecule has 0 radical (unpaired) electrons. The molecule has 24 heavy (non-hydrogen) atoms. The van der Waals surface area contributed by atoms with Crippen LogP contribution >= 0.6 is 0 Å². The van der Waals surface area contributed by atoms with Crippen LogP contribution in [0.3, 0.4) is 0 Å². The predicted molar refractivity (Wildman–Crippen MR) is 93.0 cm³/mol. The van der Waals surface area contributed by atoms with Crippen LogP contribution in [-0.2, 0) is 0 Å². The Hall–Kier alpha value is -1.95. The van der Waals surface area contributed by atoms with Crippen molar-refractivity contribution in [1.82, 2.24) is 19.7 Å². The number of aliphatic hydroxyl groups is 1. The molecule has 0 atom stereocenters. The Bertz CT molecular complexity index is 760. The van der Waals surface area contributed by atoms with Gasteiger partial charge in [-0.2, -0.15) is 5.10 Å².